The molecular formula is C16H24N2O2. The van der Waals surface area contributed by atoms with Crippen LogP contribution >= 0.6 is 0 Å². The maximum Gasteiger partial charge on any atom is 0.330 e. The number of aryl methyl sites for hydroxylation is 1. The normalized spacial score (nSPS) is 19.9. The lowest BCUT2D eigenvalue weighted by molar-refractivity contribution is -0.155. The van der Waals surface area contributed by atoms with Gasteiger partial charge in [-0.05, 0) is 32.4 Å². The molecule has 20 heavy (non-hydrogen) atoms. The van der Waals surface area contributed by atoms with Gasteiger partial charge in [0.05, 0.1) is 7.11 Å². The Morgan fingerprint density at radius 2 is 1.95 bits per heavy atom. The van der Waals surface area contributed by atoms with E-state index < -0.39 is 5.54 Å². The third-order valence-corrected chi connectivity index (χ3v) is 4.17. The molecule has 0 bridgehead atoms. The Hall–Kier alpha value is -1.39. The van der Waals surface area contributed by atoms with Gasteiger partial charge in [0.15, 0.2) is 0 Å². The van der Waals surface area contributed by atoms with Gasteiger partial charge in [0, 0.05) is 19.6 Å². The van der Waals surface area contributed by atoms with E-state index in [9.17, 15) is 4.79 Å². The van der Waals surface area contributed by atoms with Crippen LogP contribution in [0, 0.1) is 6.92 Å². The molecule has 4 heteroatoms. The zero-order valence-corrected chi connectivity index (χ0v) is 12.6. The molecule has 1 aromatic carbocycles. The zero-order chi connectivity index (χ0) is 14.6. The quantitative estimate of drug-likeness (QED) is 0.853. The van der Waals surface area contributed by atoms with Crippen LogP contribution in [0.1, 0.15) is 24.5 Å². The molecule has 1 aliphatic heterocycles. The summed E-state index contributed by atoms with van der Waals surface area (Å²) in [6, 6.07) is 8.16. The molecule has 0 amide bonds. The van der Waals surface area contributed by atoms with Gasteiger partial charge in [0.25, 0.3) is 0 Å². The molecule has 4 nitrogen and oxygen atoms in total. The molecule has 1 aromatic rings. The van der Waals surface area contributed by atoms with E-state index in [1.807, 2.05) is 31.2 Å². The lowest BCUT2D eigenvalue weighted by Crippen LogP contribution is -2.51. The predicted octanol–water partition coefficient (Wildman–Crippen LogP) is 1.68. The van der Waals surface area contributed by atoms with Crippen LogP contribution in [0.15, 0.2) is 24.3 Å². The van der Waals surface area contributed by atoms with Crippen molar-refractivity contribution in [2.24, 2.45) is 0 Å². The van der Waals surface area contributed by atoms with Crippen LogP contribution in [0.25, 0.3) is 0 Å². The highest BCUT2D eigenvalue weighted by Gasteiger charge is 2.42. The summed E-state index contributed by atoms with van der Waals surface area (Å²) in [6.45, 7) is 7.66. The van der Waals surface area contributed by atoms with E-state index in [1.165, 1.54) is 12.7 Å². The van der Waals surface area contributed by atoms with Gasteiger partial charge in [-0.15, -0.1) is 0 Å². The average Bonchev–Trinajstić information content (AvgIpc) is 2.75. The predicted molar refractivity (Wildman–Crippen MR) is 79.6 cm³/mol. The van der Waals surface area contributed by atoms with Gasteiger partial charge in [-0.1, -0.05) is 29.8 Å². The molecule has 1 N–H and O–H groups in total. The molecule has 1 aliphatic rings. The molecule has 0 saturated carbocycles. The second kappa shape index (κ2) is 6.37. The third-order valence-electron chi connectivity index (χ3n) is 4.17. The van der Waals surface area contributed by atoms with E-state index in [1.54, 1.807) is 0 Å². The van der Waals surface area contributed by atoms with E-state index in [-0.39, 0.29) is 5.97 Å². The molecule has 1 atom stereocenters. The summed E-state index contributed by atoms with van der Waals surface area (Å²) in [5.74, 6) is -0.191. The molecular weight excluding hydrogens is 252 g/mol. The highest BCUT2D eigenvalue weighted by molar-refractivity contribution is 5.82. The van der Waals surface area contributed by atoms with Gasteiger partial charge in [-0.25, -0.2) is 4.79 Å². The van der Waals surface area contributed by atoms with Crippen LogP contribution in [0.2, 0.25) is 0 Å². The number of esters is 1. The summed E-state index contributed by atoms with van der Waals surface area (Å²) in [5.41, 5.74) is 1.48. The van der Waals surface area contributed by atoms with Crippen molar-refractivity contribution in [2.75, 3.05) is 33.3 Å². The van der Waals surface area contributed by atoms with Gasteiger partial charge in [0.2, 0.25) is 0 Å². The topological polar surface area (TPSA) is 41.6 Å². The molecule has 0 spiro atoms. The number of hydrogen-bond acceptors (Lipinski definition) is 4. The number of hydrogen-bond donors (Lipinski definition) is 1. The van der Waals surface area contributed by atoms with Gasteiger partial charge >= 0.3 is 5.97 Å². The number of rotatable bonds is 3. The highest BCUT2D eigenvalue weighted by atomic mass is 16.5. The van der Waals surface area contributed by atoms with Crippen molar-refractivity contribution in [3.63, 3.8) is 0 Å². The largest absolute Gasteiger partial charge is 0.467 e. The summed E-state index contributed by atoms with van der Waals surface area (Å²) in [6.07, 6.45) is 1.04. The minimum Gasteiger partial charge on any atom is -0.467 e. The Morgan fingerprint density at radius 1 is 1.25 bits per heavy atom. The van der Waals surface area contributed by atoms with Gasteiger partial charge < -0.3 is 10.1 Å². The fourth-order valence-electron chi connectivity index (χ4n) is 2.80. The maximum absolute atomic E-state index is 12.4. The van der Waals surface area contributed by atoms with Gasteiger partial charge in [-0.3, -0.25) is 4.90 Å². The van der Waals surface area contributed by atoms with Crippen LogP contribution in [0.3, 0.4) is 0 Å². The summed E-state index contributed by atoms with van der Waals surface area (Å²) in [7, 11) is 1.46. The third kappa shape index (κ3) is 2.86. The lowest BCUT2D eigenvalue weighted by atomic mass is 9.89. The Morgan fingerprint density at radius 3 is 2.60 bits per heavy atom. The first-order valence-corrected chi connectivity index (χ1v) is 7.20. The summed E-state index contributed by atoms with van der Waals surface area (Å²) < 4.78 is 5.09. The van der Waals surface area contributed by atoms with Crippen molar-refractivity contribution in [1.82, 2.24) is 10.2 Å². The number of benzene rings is 1. The van der Waals surface area contributed by atoms with E-state index >= 15 is 0 Å². The van der Waals surface area contributed by atoms with Crippen molar-refractivity contribution < 1.29 is 9.53 Å². The molecule has 1 heterocycles. The van der Waals surface area contributed by atoms with Gasteiger partial charge in [0.1, 0.15) is 5.54 Å². The first kappa shape index (κ1) is 15.0. The number of nitrogens with one attached hydrogen (secondary N) is 1. The van der Waals surface area contributed by atoms with Crippen LogP contribution in [-0.4, -0.2) is 44.2 Å². The summed E-state index contributed by atoms with van der Waals surface area (Å²) in [4.78, 5) is 14.7. The molecule has 0 aliphatic carbocycles. The number of ether oxygens (including phenoxy) is 1. The Kier molecular flexibility index (Phi) is 4.78. The lowest BCUT2D eigenvalue weighted by Gasteiger charge is -2.38. The number of methoxy groups -OCH3 is 1. The highest BCUT2D eigenvalue weighted by Crippen LogP contribution is 2.30. The number of carbonyl (C=O) groups is 1. The molecule has 0 aromatic heterocycles. The minimum atomic E-state index is -0.714. The van der Waals surface area contributed by atoms with E-state index in [2.05, 4.69) is 17.1 Å². The molecule has 1 fully saturated rings. The maximum atomic E-state index is 12.4. The molecule has 0 radical (unpaired) electrons. The second-order valence-corrected chi connectivity index (χ2v) is 5.52. The molecule has 1 unspecified atom stereocenters. The SMILES string of the molecule is COC(=O)C(C)(c1ccc(C)cc1)N1CCCNCC1. The van der Waals surface area contributed by atoms with Crippen molar-refractivity contribution >= 4 is 5.97 Å². The standard InChI is InChI=1S/C16H24N2O2/c1-13-5-7-14(8-6-13)16(2,15(19)20-3)18-11-4-9-17-10-12-18/h5-8,17H,4,9-12H2,1-3H3. The van der Waals surface area contributed by atoms with Crippen LogP contribution in [-0.2, 0) is 15.1 Å². The van der Waals surface area contributed by atoms with Crippen molar-refractivity contribution in [1.29, 1.82) is 0 Å². The van der Waals surface area contributed by atoms with E-state index in [0.717, 1.165) is 38.2 Å². The fourth-order valence-corrected chi connectivity index (χ4v) is 2.80. The van der Waals surface area contributed by atoms with Gasteiger partial charge in [-0.2, -0.15) is 0 Å². The first-order valence-electron chi connectivity index (χ1n) is 7.20. The van der Waals surface area contributed by atoms with E-state index in [4.69, 9.17) is 4.74 Å². The Balaban J connectivity index is 2.38. The second-order valence-electron chi connectivity index (χ2n) is 5.52. The average molecular weight is 276 g/mol. The van der Waals surface area contributed by atoms with Crippen molar-refractivity contribution in [3.8, 4) is 0 Å². The molecule has 1 saturated heterocycles. The van der Waals surface area contributed by atoms with Crippen molar-refractivity contribution in [3.05, 3.63) is 35.4 Å². The minimum absolute atomic E-state index is 0.191. The molecule has 2 rings (SSSR count). The first-order chi connectivity index (χ1) is 9.59. The fraction of sp³-hybridized carbons (Fsp3) is 0.562. The van der Waals surface area contributed by atoms with Crippen LogP contribution in [0.5, 0.6) is 0 Å². The zero-order valence-electron chi connectivity index (χ0n) is 12.6. The summed E-state index contributed by atoms with van der Waals surface area (Å²) >= 11 is 0. The van der Waals surface area contributed by atoms with Crippen LogP contribution in [0.4, 0.5) is 0 Å². The Labute approximate surface area is 121 Å². The van der Waals surface area contributed by atoms with Crippen molar-refractivity contribution in [2.45, 2.75) is 25.8 Å². The van der Waals surface area contributed by atoms with Crippen LogP contribution < -0.4 is 5.32 Å². The molecule has 110 valence electrons. The monoisotopic (exact) mass is 276 g/mol. The smallest absolute Gasteiger partial charge is 0.330 e. The number of carbonyl (C=O) groups excluding carboxylic acids is 1. The van der Waals surface area contributed by atoms with E-state index in [0.29, 0.717) is 0 Å². The number of nitrogens with zero attached hydrogens (tertiary/aromatic N) is 1. The Bertz CT molecular complexity index is 450. The summed E-state index contributed by atoms with van der Waals surface area (Å²) in [5, 5.41) is 3.37.